The van der Waals surface area contributed by atoms with Gasteiger partial charge in [0.25, 0.3) is 0 Å². The van der Waals surface area contributed by atoms with Gasteiger partial charge in [0.15, 0.2) is 0 Å². The second kappa shape index (κ2) is 5.85. The smallest absolute Gasteiger partial charge is 0.0926 e. The Hall–Kier alpha value is -0.870. The van der Waals surface area contributed by atoms with Gasteiger partial charge in [-0.05, 0) is 53.4 Å². The minimum absolute atomic E-state index is 0.777. The Morgan fingerprint density at radius 2 is 2.11 bits per heavy atom. The van der Waals surface area contributed by atoms with E-state index in [0.717, 1.165) is 28.8 Å². The molecule has 0 bridgehead atoms. The molecule has 1 aromatic carbocycles. The number of nitrogens with one attached hydrogen (secondary N) is 1. The van der Waals surface area contributed by atoms with E-state index in [1.807, 2.05) is 0 Å². The number of nitrogens with zero attached hydrogens (tertiary/aromatic N) is 1. The lowest BCUT2D eigenvalue weighted by Crippen LogP contribution is -2.02. The summed E-state index contributed by atoms with van der Waals surface area (Å²) >= 11 is 5.34. The van der Waals surface area contributed by atoms with Gasteiger partial charge in [-0.1, -0.05) is 13.0 Å². The van der Waals surface area contributed by atoms with E-state index in [9.17, 15) is 0 Å². The van der Waals surface area contributed by atoms with Gasteiger partial charge in [-0.15, -0.1) is 11.3 Å². The van der Waals surface area contributed by atoms with Crippen LogP contribution < -0.4 is 5.32 Å². The zero-order valence-electron chi connectivity index (χ0n) is 10.9. The summed E-state index contributed by atoms with van der Waals surface area (Å²) in [4.78, 5) is 4.56. The van der Waals surface area contributed by atoms with Crippen molar-refractivity contribution in [1.29, 1.82) is 0 Å². The average Bonchev–Trinajstić information content (AvgIpc) is 2.75. The molecule has 2 nitrogen and oxygen atoms in total. The molecule has 0 saturated heterocycles. The van der Waals surface area contributed by atoms with E-state index in [-0.39, 0.29) is 0 Å². The fraction of sp³-hybridized carbons (Fsp3) is 0.357. The van der Waals surface area contributed by atoms with E-state index in [4.69, 9.17) is 0 Å². The van der Waals surface area contributed by atoms with Crippen molar-refractivity contribution in [3.05, 3.63) is 43.8 Å². The van der Waals surface area contributed by atoms with Crippen LogP contribution in [0.15, 0.2) is 22.0 Å². The van der Waals surface area contributed by atoms with Crippen molar-refractivity contribution in [2.24, 2.45) is 0 Å². The molecule has 0 aliphatic carbocycles. The topological polar surface area (TPSA) is 24.9 Å². The van der Waals surface area contributed by atoms with Crippen LogP contribution >= 0.6 is 27.3 Å². The Balaban J connectivity index is 2.10. The van der Waals surface area contributed by atoms with E-state index in [2.05, 4.69) is 64.5 Å². The van der Waals surface area contributed by atoms with Crippen molar-refractivity contribution in [3.8, 4) is 0 Å². The fourth-order valence-corrected chi connectivity index (χ4v) is 3.47. The minimum Gasteiger partial charge on any atom is -0.378 e. The van der Waals surface area contributed by atoms with Crippen LogP contribution in [0, 0.1) is 13.8 Å². The van der Waals surface area contributed by atoms with Gasteiger partial charge in [0.2, 0.25) is 0 Å². The first-order valence-corrected chi connectivity index (χ1v) is 7.71. The van der Waals surface area contributed by atoms with E-state index in [1.165, 1.54) is 16.1 Å². The fourth-order valence-electron chi connectivity index (χ4n) is 1.91. The molecule has 2 rings (SSSR count). The standard InChI is InChI=1S/C14H17BrN2S/c1-4-13-17-11(8-18-13)7-16-14-10(3)5-9(2)6-12(14)15/h5-6,8,16H,4,7H2,1-3H3. The molecule has 0 atom stereocenters. The van der Waals surface area contributed by atoms with E-state index < -0.39 is 0 Å². The molecule has 0 spiro atoms. The lowest BCUT2D eigenvalue weighted by Gasteiger charge is -2.11. The van der Waals surface area contributed by atoms with Crippen LogP contribution in [0.25, 0.3) is 0 Å². The molecule has 0 unspecified atom stereocenters. The number of thiazole rings is 1. The highest BCUT2D eigenvalue weighted by molar-refractivity contribution is 9.10. The van der Waals surface area contributed by atoms with Crippen LogP contribution in [0.5, 0.6) is 0 Å². The van der Waals surface area contributed by atoms with Gasteiger partial charge in [0.05, 0.1) is 22.9 Å². The van der Waals surface area contributed by atoms with Crippen molar-refractivity contribution in [2.75, 3.05) is 5.32 Å². The average molecular weight is 325 g/mol. The van der Waals surface area contributed by atoms with Crippen molar-refractivity contribution >= 4 is 33.0 Å². The molecule has 0 amide bonds. The molecule has 0 aliphatic heterocycles. The first-order chi connectivity index (χ1) is 8.60. The van der Waals surface area contributed by atoms with E-state index in [0.29, 0.717) is 0 Å². The van der Waals surface area contributed by atoms with Crippen molar-refractivity contribution in [3.63, 3.8) is 0 Å². The summed E-state index contributed by atoms with van der Waals surface area (Å²) in [5.74, 6) is 0. The number of aromatic nitrogens is 1. The highest BCUT2D eigenvalue weighted by Crippen LogP contribution is 2.28. The van der Waals surface area contributed by atoms with Crippen LogP contribution in [0.3, 0.4) is 0 Å². The molecule has 0 saturated carbocycles. The molecule has 96 valence electrons. The Kier molecular flexibility index (Phi) is 4.40. The zero-order valence-corrected chi connectivity index (χ0v) is 13.3. The van der Waals surface area contributed by atoms with Crippen molar-refractivity contribution in [1.82, 2.24) is 4.98 Å². The minimum atomic E-state index is 0.777. The predicted octanol–water partition coefficient (Wildman–Crippen LogP) is 4.70. The summed E-state index contributed by atoms with van der Waals surface area (Å²) in [6, 6.07) is 4.32. The first kappa shape index (κ1) is 13.6. The Morgan fingerprint density at radius 1 is 1.33 bits per heavy atom. The summed E-state index contributed by atoms with van der Waals surface area (Å²) in [7, 11) is 0. The number of anilines is 1. The third-order valence-corrected chi connectivity index (χ3v) is 4.45. The molecule has 1 aromatic heterocycles. The summed E-state index contributed by atoms with van der Waals surface area (Å²) in [5.41, 5.74) is 4.80. The molecule has 4 heteroatoms. The molecule has 1 heterocycles. The number of rotatable bonds is 4. The number of aryl methyl sites for hydroxylation is 3. The SMILES string of the molecule is CCc1nc(CNc2c(C)cc(C)cc2Br)cs1. The number of halogens is 1. The van der Waals surface area contributed by atoms with Crippen molar-refractivity contribution < 1.29 is 0 Å². The number of hydrogen-bond donors (Lipinski definition) is 1. The highest BCUT2D eigenvalue weighted by atomic mass is 79.9. The maximum absolute atomic E-state index is 4.56. The van der Waals surface area contributed by atoms with Crippen LogP contribution in [-0.2, 0) is 13.0 Å². The predicted molar refractivity (Wildman–Crippen MR) is 82.4 cm³/mol. The van der Waals surface area contributed by atoms with Crippen LogP contribution in [0.4, 0.5) is 5.69 Å². The molecule has 0 aliphatic rings. The Labute approximate surface area is 121 Å². The molecule has 2 aromatic rings. The summed E-state index contributed by atoms with van der Waals surface area (Å²) in [6.07, 6.45) is 1.01. The van der Waals surface area contributed by atoms with Crippen LogP contribution in [-0.4, -0.2) is 4.98 Å². The van der Waals surface area contributed by atoms with Gasteiger partial charge in [-0.25, -0.2) is 4.98 Å². The monoisotopic (exact) mass is 324 g/mol. The Bertz CT molecular complexity index is 525. The number of benzene rings is 1. The summed E-state index contributed by atoms with van der Waals surface area (Å²) in [6.45, 7) is 7.14. The third kappa shape index (κ3) is 3.12. The lowest BCUT2D eigenvalue weighted by molar-refractivity contribution is 1.01. The first-order valence-electron chi connectivity index (χ1n) is 6.04. The highest BCUT2D eigenvalue weighted by Gasteiger charge is 2.06. The molecule has 0 fully saturated rings. The van der Waals surface area contributed by atoms with Gasteiger partial charge in [-0.3, -0.25) is 0 Å². The van der Waals surface area contributed by atoms with E-state index in [1.54, 1.807) is 11.3 Å². The lowest BCUT2D eigenvalue weighted by atomic mass is 10.1. The summed E-state index contributed by atoms with van der Waals surface area (Å²) in [5, 5.41) is 6.79. The van der Waals surface area contributed by atoms with Gasteiger partial charge in [-0.2, -0.15) is 0 Å². The molecule has 1 N–H and O–H groups in total. The second-order valence-electron chi connectivity index (χ2n) is 4.38. The van der Waals surface area contributed by atoms with Gasteiger partial charge < -0.3 is 5.32 Å². The molecule has 18 heavy (non-hydrogen) atoms. The molecule has 0 radical (unpaired) electrons. The number of hydrogen-bond acceptors (Lipinski definition) is 3. The molecular formula is C14H17BrN2S. The quantitative estimate of drug-likeness (QED) is 0.881. The van der Waals surface area contributed by atoms with Gasteiger partial charge >= 0.3 is 0 Å². The van der Waals surface area contributed by atoms with Gasteiger partial charge in [0, 0.05) is 9.85 Å². The largest absolute Gasteiger partial charge is 0.378 e. The summed E-state index contributed by atoms with van der Waals surface area (Å²) < 4.78 is 1.12. The van der Waals surface area contributed by atoms with Crippen LogP contribution in [0.1, 0.15) is 28.8 Å². The molecular weight excluding hydrogens is 308 g/mol. The Morgan fingerprint density at radius 3 is 2.72 bits per heavy atom. The maximum atomic E-state index is 4.56. The third-order valence-electron chi connectivity index (χ3n) is 2.78. The van der Waals surface area contributed by atoms with Gasteiger partial charge in [0.1, 0.15) is 0 Å². The van der Waals surface area contributed by atoms with Crippen molar-refractivity contribution in [2.45, 2.75) is 33.7 Å². The zero-order chi connectivity index (χ0) is 13.1. The normalized spacial score (nSPS) is 10.7. The van der Waals surface area contributed by atoms with Crippen LogP contribution in [0.2, 0.25) is 0 Å². The maximum Gasteiger partial charge on any atom is 0.0926 e. The second-order valence-corrected chi connectivity index (χ2v) is 6.18. The van der Waals surface area contributed by atoms with E-state index >= 15 is 0 Å².